The molecule has 2 atom stereocenters. The number of aliphatic carboxylic acids is 1. The molecule has 0 aromatic carbocycles. The first-order chi connectivity index (χ1) is 5.20. The molecule has 0 aromatic heterocycles. The lowest BCUT2D eigenvalue weighted by atomic mass is 10.1. The molecule has 0 amide bonds. The first-order valence-corrected chi connectivity index (χ1v) is 3.77. The molecule has 64 valence electrons. The summed E-state index contributed by atoms with van der Waals surface area (Å²) in [7, 11) is 0. The predicted octanol–water partition coefficient (Wildman–Crippen LogP) is 0.0431. The Bertz CT molecular complexity index is 143. The molecule has 1 fully saturated rings. The van der Waals surface area contributed by atoms with Gasteiger partial charge in [-0.15, -0.1) is 0 Å². The van der Waals surface area contributed by atoms with Crippen LogP contribution in [0, 0.1) is 5.92 Å². The standard InChI is InChI=1S/C7H13NO3/c1-5(4-6(9)10)7-8-2-3-11-7/h5,7-8H,2-4H2,1H3,(H,9,10). The van der Waals surface area contributed by atoms with Crippen LogP contribution in [0.15, 0.2) is 0 Å². The fourth-order valence-corrected chi connectivity index (χ4v) is 1.19. The van der Waals surface area contributed by atoms with Crippen molar-refractivity contribution in [3.8, 4) is 0 Å². The average Bonchev–Trinajstić information content (AvgIpc) is 2.35. The van der Waals surface area contributed by atoms with Gasteiger partial charge in [-0.25, -0.2) is 0 Å². The number of carboxylic acid groups (broad SMARTS) is 1. The van der Waals surface area contributed by atoms with Crippen LogP contribution < -0.4 is 5.32 Å². The summed E-state index contributed by atoms with van der Waals surface area (Å²) >= 11 is 0. The second-order valence-corrected chi connectivity index (χ2v) is 2.82. The first kappa shape index (κ1) is 8.49. The lowest BCUT2D eigenvalue weighted by Crippen LogP contribution is -2.31. The summed E-state index contributed by atoms with van der Waals surface area (Å²) in [6.07, 6.45) is 0.101. The van der Waals surface area contributed by atoms with Crippen LogP contribution >= 0.6 is 0 Å². The molecule has 1 heterocycles. The van der Waals surface area contributed by atoms with Crippen LogP contribution in [0.2, 0.25) is 0 Å². The zero-order valence-electron chi connectivity index (χ0n) is 6.54. The Morgan fingerprint density at radius 2 is 2.64 bits per heavy atom. The van der Waals surface area contributed by atoms with Gasteiger partial charge in [-0.2, -0.15) is 0 Å². The quantitative estimate of drug-likeness (QED) is 0.610. The van der Waals surface area contributed by atoms with Crippen molar-refractivity contribution < 1.29 is 14.6 Å². The molecule has 0 bridgehead atoms. The summed E-state index contributed by atoms with van der Waals surface area (Å²) in [6, 6.07) is 0. The first-order valence-electron chi connectivity index (χ1n) is 3.77. The summed E-state index contributed by atoms with van der Waals surface area (Å²) in [5, 5.41) is 11.5. The minimum Gasteiger partial charge on any atom is -0.481 e. The monoisotopic (exact) mass is 159 g/mol. The highest BCUT2D eigenvalue weighted by Crippen LogP contribution is 2.12. The Kier molecular flexibility index (Phi) is 2.84. The van der Waals surface area contributed by atoms with Crippen LogP contribution in [-0.2, 0) is 9.53 Å². The number of carboxylic acids is 1. The molecule has 0 aliphatic carbocycles. The molecule has 0 saturated carbocycles. The highest BCUT2D eigenvalue weighted by molar-refractivity contribution is 5.67. The molecule has 4 nitrogen and oxygen atoms in total. The van der Waals surface area contributed by atoms with Crippen molar-refractivity contribution in [3.05, 3.63) is 0 Å². The van der Waals surface area contributed by atoms with E-state index in [0.717, 1.165) is 6.54 Å². The van der Waals surface area contributed by atoms with E-state index in [9.17, 15) is 4.79 Å². The lowest BCUT2D eigenvalue weighted by molar-refractivity contribution is -0.139. The van der Waals surface area contributed by atoms with E-state index in [2.05, 4.69) is 5.32 Å². The second kappa shape index (κ2) is 3.69. The Hall–Kier alpha value is -0.610. The third-order valence-corrected chi connectivity index (χ3v) is 1.76. The molecule has 2 unspecified atom stereocenters. The summed E-state index contributed by atoms with van der Waals surface area (Å²) in [6.45, 7) is 3.39. The zero-order valence-corrected chi connectivity index (χ0v) is 6.54. The van der Waals surface area contributed by atoms with Gasteiger partial charge in [-0.05, 0) is 0 Å². The number of rotatable bonds is 3. The molecule has 1 rings (SSSR count). The van der Waals surface area contributed by atoms with Crippen molar-refractivity contribution in [1.29, 1.82) is 0 Å². The van der Waals surface area contributed by atoms with Crippen LogP contribution in [0.3, 0.4) is 0 Å². The van der Waals surface area contributed by atoms with E-state index in [1.165, 1.54) is 0 Å². The topological polar surface area (TPSA) is 58.6 Å². The van der Waals surface area contributed by atoms with Crippen molar-refractivity contribution in [3.63, 3.8) is 0 Å². The van der Waals surface area contributed by atoms with Crippen LogP contribution in [0.1, 0.15) is 13.3 Å². The lowest BCUT2D eigenvalue weighted by Gasteiger charge is -2.16. The van der Waals surface area contributed by atoms with Crippen molar-refractivity contribution >= 4 is 5.97 Å². The van der Waals surface area contributed by atoms with Gasteiger partial charge in [0.1, 0.15) is 6.23 Å². The number of nitrogens with one attached hydrogen (secondary N) is 1. The van der Waals surface area contributed by atoms with Gasteiger partial charge in [-0.1, -0.05) is 6.92 Å². The highest BCUT2D eigenvalue weighted by atomic mass is 16.5. The van der Waals surface area contributed by atoms with Crippen molar-refractivity contribution in [2.75, 3.05) is 13.2 Å². The molecule has 1 saturated heterocycles. The highest BCUT2D eigenvalue weighted by Gasteiger charge is 2.23. The van der Waals surface area contributed by atoms with E-state index in [0.29, 0.717) is 6.61 Å². The zero-order chi connectivity index (χ0) is 8.27. The third kappa shape index (κ3) is 2.48. The fourth-order valence-electron chi connectivity index (χ4n) is 1.19. The van der Waals surface area contributed by atoms with E-state index in [-0.39, 0.29) is 18.6 Å². The molecular weight excluding hydrogens is 146 g/mol. The van der Waals surface area contributed by atoms with Gasteiger partial charge in [0.25, 0.3) is 0 Å². The molecule has 11 heavy (non-hydrogen) atoms. The minimum atomic E-state index is -0.769. The van der Waals surface area contributed by atoms with E-state index in [1.807, 2.05) is 6.92 Å². The normalized spacial score (nSPS) is 26.8. The maximum Gasteiger partial charge on any atom is 0.303 e. The van der Waals surface area contributed by atoms with E-state index < -0.39 is 5.97 Å². The van der Waals surface area contributed by atoms with Gasteiger partial charge < -0.3 is 9.84 Å². The molecule has 1 aliphatic heterocycles. The summed E-state index contributed by atoms with van der Waals surface area (Å²) in [5.74, 6) is -0.718. The Labute approximate surface area is 65.5 Å². The van der Waals surface area contributed by atoms with E-state index in [1.54, 1.807) is 0 Å². The van der Waals surface area contributed by atoms with Crippen molar-refractivity contribution in [2.45, 2.75) is 19.6 Å². The van der Waals surface area contributed by atoms with Gasteiger partial charge >= 0.3 is 5.97 Å². The molecule has 0 radical (unpaired) electrons. The summed E-state index contributed by atoms with van der Waals surface area (Å²) in [4.78, 5) is 10.3. The number of hydrogen-bond acceptors (Lipinski definition) is 3. The average molecular weight is 159 g/mol. The third-order valence-electron chi connectivity index (χ3n) is 1.76. The largest absolute Gasteiger partial charge is 0.481 e. The van der Waals surface area contributed by atoms with Gasteiger partial charge in [0.15, 0.2) is 0 Å². The SMILES string of the molecule is CC(CC(=O)O)C1NCCO1. The summed E-state index contributed by atoms with van der Waals surface area (Å²) in [5.41, 5.74) is 0. The second-order valence-electron chi connectivity index (χ2n) is 2.82. The Morgan fingerprint density at radius 1 is 1.91 bits per heavy atom. The maximum absolute atomic E-state index is 10.3. The van der Waals surface area contributed by atoms with Gasteiger partial charge in [0.2, 0.25) is 0 Å². The maximum atomic E-state index is 10.3. The van der Waals surface area contributed by atoms with E-state index >= 15 is 0 Å². The van der Waals surface area contributed by atoms with Crippen LogP contribution in [0.5, 0.6) is 0 Å². The van der Waals surface area contributed by atoms with E-state index in [4.69, 9.17) is 9.84 Å². The Balaban J connectivity index is 2.28. The molecule has 1 aliphatic rings. The fraction of sp³-hybridized carbons (Fsp3) is 0.857. The summed E-state index contributed by atoms with van der Waals surface area (Å²) < 4.78 is 5.24. The molecule has 0 spiro atoms. The van der Waals surface area contributed by atoms with Gasteiger partial charge in [0, 0.05) is 12.5 Å². The van der Waals surface area contributed by atoms with Gasteiger partial charge in [-0.3, -0.25) is 10.1 Å². The molecule has 4 heteroatoms. The van der Waals surface area contributed by atoms with Gasteiger partial charge in [0.05, 0.1) is 13.0 Å². The Morgan fingerprint density at radius 3 is 3.09 bits per heavy atom. The number of hydrogen-bond donors (Lipinski definition) is 2. The smallest absolute Gasteiger partial charge is 0.303 e. The van der Waals surface area contributed by atoms with Crippen molar-refractivity contribution in [1.82, 2.24) is 5.32 Å². The number of carbonyl (C=O) groups is 1. The molecular formula is C7H13NO3. The molecule has 0 aromatic rings. The minimum absolute atomic E-state index is 0.0509. The van der Waals surface area contributed by atoms with Crippen LogP contribution in [0.4, 0.5) is 0 Å². The number of ether oxygens (including phenoxy) is 1. The molecule has 2 N–H and O–H groups in total. The van der Waals surface area contributed by atoms with Crippen molar-refractivity contribution in [2.24, 2.45) is 5.92 Å². The predicted molar refractivity (Wildman–Crippen MR) is 39.2 cm³/mol. The van der Waals surface area contributed by atoms with Crippen LogP contribution in [0.25, 0.3) is 0 Å². The van der Waals surface area contributed by atoms with Crippen LogP contribution in [-0.4, -0.2) is 30.5 Å².